The first-order chi connectivity index (χ1) is 13.4. The summed E-state index contributed by atoms with van der Waals surface area (Å²) in [5.41, 5.74) is 0. The van der Waals surface area contributed by atoms with Crippen LogP contribution in [0.4, 0.5) is 0 Å². The highest BCUT2D eigenvalue weighted by Crippen LogP contribution is 2.18. The molecule has 0 aromatic heterocycles. The summed E-state index contributed by atoms with van der Waals surface area (Å²) in [6, 6.07) is 0. The van der Waals surface area contributed by atoms with Crippen molar-refractivity contribution in [3.05, 3.63) is 25.3 Å². The molecule has 0 aliphatic carbocycles. The van der Waals surface area contributed by atoms with Crippen LogP contribution in [0.25, 0.3) is 0 Å². The summed E-state index contributed by atoms with van der Waals surface area (Å²) in [4.78, 5) is 10.8. The van der Waals surface area contributed by atoms with E-state index in [9.17, 15) is 25.2 Å². The lowest BCUT2D eigenvalue weighted by Gasteiger charge is -2.41. The number of hydrogen-bond donors (Lipinski definition) is 3. The van der Waals surface area contributed by atoms with E-state index in [1.54, 1.807) is 0 Å². The average Bonchev–Trinajstić information content (AvgIpc) is 2.62. The summed E-state index contributed by atoms with van der Waals surface area (Å²) in [6.07, 6.45) is 9.80. The zero-order valence-electron chi connectivity index (χ0n) is 17.4. The predicted octanol–water partition coefficient (Wildman–Crippen LogP) is 1.54. The Morgan fingerprint density at radius 2 is 1.39 bits per heavy atom. The fraction of sp³-hybridized carbons (Fsp3) is 0.773. The summed E-state index contributed by atoms with van der Waals surface area (Å²) >= 11 is 0. The molecule has 2 unspecified atom stereocenters. The average molecular weight is 400 g/mol. The van der Waals surface area contributed by atoms with Crippen LogP contribution in [0.1, 0.15) is 64.2 Å². The van der Waals surface area contributed by atoms with Gasteiger partial charge in [0.25, 0.3) is 0 Å². The topological polar surface area (TPSA) is 101 Å². The van der Waals surface area contributed by atoms with Crippen molar-refractivity contribution in [3.63, 3.8) is 0 Å². The normalized spacial score (nSPS) is 15.5. The molecule has 6 nitrogen and oxygen atoms in total. The summed E-state index contributed by atoms with van der Waals surface area (Å²) in [5, 5.41) is 41.5. The molecule has 0 aliphatic rings. The molecule has 3 N–H and O–H groups in total. The van der Waals surface area contributed by atoms with Crippen molar-refractivity contribution < 1.29 is 29.7 Å². The van der Waals surface area contributed by atoms with Crippen LogP contribution in [0.2, 0.25) is 0 Å². The molecule has 0 bridgehead atoms. The van der Waals surface area contributed by atoms with Crippen LogP contribution in [0.3, 0.4) is 0 Å². The molecule has 164 valence electrons. The van der Waals surface area contributed by atoms with Crippen LogP contribution in [-0.2, 0) is 4.79 Å². The van der Waals surface area contributed by atoms with E-state index in [1.807, 2.05) is 12.2 Å². The summed E-state index contributed by atoms with van der Waals surface area (Å²) < 4.78 is 0.328. The highest BCUT2D eigenvalue weighted by molar-refractivity contribution is 5.64. The number of unbranched alkanes of at least 4 members (excludes halogenated alkanes) is 4. The van der Waals surface area contributed by atoms with E-state index in [2.05, 4.69) is 13.2 Å². The Labute approximate surface area is 170 Å². The highest BCUT2D eigenvalue weighted by Gasteiger charge is 2.32. The number of carbonyl (C=O) groups excluding carboxylic acids is 1. The van der Waals surface area contributed by atoms with Gasteiger partial charge in [-0.05, 0) is 44.9 Å². The van der Waals surface area contributed by atoms with Crippen molar-refractivity contribution in [1.82, 2.24) is 0 Å². The SMILES string of the molecule is C=CCCCCC(O)C[N+](CCO)(CCCC(=O)[O-])CC(O)CCCCC=C. The van der Waals surface area contributed by atoms with Gasteiger partial charge in [0.05, 0.1) is 13.2 Å². The fourth-order valence-corrected chi connectivity index (χ4v) is 3.74. The van der Waals surface area contributed by atoms with Gasteiger partial charge in [0, 0.05) is 12.4 Å². The standard InChI is InChI=1S/C22H41NO5/c1-3-5-7-9-12-20(25)18-23(16-17-24,15-11-14-22(27)28)19-21(26)13-10-8-6-4-2/h3-4,20-21,24-26H,1-2,5-19H2. The first-order valence-corrected chi connectivity index (χ1v) is 10.6. The fourth-order valence-electron chi connectivity index (χ4n) is 3.74. The molecule has 6 heteroatoms. The van der Waals surface area contributed by atoms with E-state index >= 15 is 0 Å². The van der Waals surface area contributed by atoms with E-state index in [0.29, 0.717) is 49.9 Å². The number of aliphatic hydroxyl groups is 3. The number of allylic oxidation sites excluding steroid dienone is 2. The first kappa shape index (κ1) is 26.8. The van der Waals surface area contributed by atoms with Crippen LogP contribution in [0.15, 0.2) is 25.3 Å². The van der Waals surface area contributed by atoms with Crippen molar-refractivity contribution in [1.29, 1.82) is 0 Å². The maximum Gasteiger partial charge on any atom is 0.105 e. The molecule has 0 aromatic carbocycles. The molecule has 0 saturated carbocycles. The van der Waals surface area contributed by atoms with Gasteiger partial charge in [-0.25, -0.2) is 0 Å². The molecule has 0 heterocycles. The Morgan fingerprint density at radius 1 is 0.893 bits per heavy atom. The van der Waals surface area contributed by atoms with Crippen molar-refractivity contribution in [2.45, 2.75) is 76.4 Å². The predicted molar refractivity (Wildman–Crippen MR) is 110 cm³/mol. The molecule has 28 heavy (non-hydrogen) atoms. The number of quaternary nitrogens is 1. The van der Waals surface area contributed by atoms with Crippen LogP contribution in [-0.4, -0.2) is 70.8 Å². The third-order valence-corrected chi connectivity index (χ3v) is 5.17. The number of aliphatic hydroxyl groups excluding tert-OH is 3. The van der Waals surface area contributed by atoms with E-state index in [1.165, 1.54) is 0 Å². The van der Waals surface area contributed by atoms with Crippen LogP contribution in [0, 0.1) is 0 Å². The summed E-state index contributed by atoms with van der Waals surface area (Å²) in [6.45, 7) is 9.02. The number of nitrogens with zero attached hydrogens (tertiary/aromatic N) is 1. The number of hydrogen-bond acceptors (Lipinski definition) is 5. The number of carboxylic acid groups (broad SMARTS) is 1. The van der Waals surface area contributed by atoms with E-state index in [0.717, 1.165) is 38.5 Å². The van der Waals surface area contributed by atoms with Crippen LogP contribution < -0.4 is 5.11 Å². The molecule has 0 aliphatic heterocycles. The van der Waals surface area contributed by atoms with Gasteiger partial charge in [0.15, 0.2) is 0 Å². The Morgan fingerprint density at radius 3 is 1.79 bits per heavy atom. The van der Waals surface area contributed by atoms with Crippen molar-refractivity contribution in [2.75, 3.05) is 32.8 Å². The van der Waals surface area contributed by atoms with Gasteiger partial charge in [0.2, 0.25) is 0 Å². The lowest BCUT2D eigenvalue weighted by molar-refractivity contribution is -0.934. The number of carboxylic acids is 1. The minimum atomic E-state index is -1.10. The summed E-state index contributed by atoms with van der Waals surface area (Å²) in [7, 11) is 0. The smallest absolute Gasteiger partial charge is 0.105 e. The van der Waals surface area contributed by atoms with E-state index in [-0.39, 0.29) is 13.0 Å². The second-order valence-electron chi connectivity index (χ2n) is 7.81. The molecular weight excluding hydrogens is 358 g/mol. The maximum atomic E-state index is 10.8. The van der Waals surface area contributed by atoms with Crippen molar-refractivity contribution in [3.8, 4) is 0 Å². The van der Waals surface area contributed by atoms with Gasteiger partial charge >= 0.3 is 0 Å². The van der Waals surface area contributed by atoms with Gasteiger partial charge in [-0.3, -0.25) is 0 Å². The summed E-state index contributed by atoms with van der Waals surface area (Å²) in [5.74, 6) is -1.10. The minimum absolute atomic E-state index is 0.0592. The van der Waals surface area contributed by atoms with Crippen LogP contribution in [0.5, 0.6) is 0 Å². The molecule has 0 saturated heterocycles. The van der Waals surface area contributed by atoms with Gasteiger partial charge < -0.3 is 29.7 Å². The molecule has 0 amide bonds. The quantitative estimate of drug-likeness (QED) is 0.164. The monoisotopic (exact) mass is 399 g/mol. The molecule has 0 rings (SSSR count). The second-order valence-corrected chi connectivity index (χ2v) is 7.81. The minimum Gasteiger partial charge on any atom is -0.550 e. The van der Waals surface area contributed by atoms with Gasteiger partial charge in [-0.1, -0.05) is 25.0 Å². The Kier molecular flexibility index (Phi) is 16.0. The third-order valence-electron chi connectivity index (χ3n) is 5.17. The maximum absolute atomic E-state index is 10.8. The second kappa shape index (κ2) is 16.7. The molecule has 0 fully saturated rings. The number of carbonyl (C=O) groups is 1. The van der Waals surface area contributed by atoms with Gasteiger partial charge in [-0.2, -0.15) is 0 Å². The van der Waals surface area contributed by atoms with Crippen molar-refractivity contribution >= 4 is 5.97 Å². The van der Waals surface area contributed by atoms with Gasteiger partial charge in [-0.15, -0.1) is 13.2 Å². The molecule has 0 spiro atoms. The lowest BCUT2D eigenvalue weighted by atomic mass is 10.0. The molecule has 0 radical (unpaired) electrons. The van der Waals surface area contributed by atoms with E-state index < -0.39 is 18.2 Å². The van der Waals surface area contributed by atoms with E-state index in [4.69, 9.17) is 0 Å². The lowest BCUT2D eigenvalue weighted by Crippen LogP contribution is -2.57. The molecule has 0 aromatic rings. The van der Waals surface area contributed by atoms with Crippen molar-refractivity contribution in [2.24, 2.45) is 0 Å². The highest BCUT2D eigenvalue weighted by atomic mass is 16.4. The zero-order chi connectivity index (χ0) is 21.3. The third kappa shape index (κ3) is 13.9. The number of rotatable bonds is 20. The molecular formula is C22H41NO5. The Balaban J connectivity index is 4.91. The zero-order valence-corrected chi connectivity index (χ0v) is 17.4. The molecule has 2 atom stereocenters. The number of aliphatic carboxylic acids is 1. The Hall–Kier alpha value is -1.21. The van der Waals surface area contributed by atoms with Gasteiger partial charge in [0.1, 0.15) is 31.8 Å². The Bertz CT molecular complexity index is 403. The van der Waals surface area contributed by atoms with Crippen LogP contribution >= 0.6 is 0 Å². The largest absolute Gasteiger partial charge is 0.550 e. The first-order valence-electron chi connectivity index (χ1n) is 10.6.